The topological polar surface area (TPSA) is 26.3 Å². The van der Waals surface area contributed by atoms with Gasteiger partial charge in [-0.05, 0) is 19.8 Å². The van der Waals surface area contributed by atoms with Crippen LogP contribution >= 0.6 is 0 Å². The molecule has 0 aromatic rings. The molecule has 1 saturated heterocycles. The predicted octanol–water partition coefficient (Wildman–Crippen LogP) is 1.33. The summed E-state index contributed by atoms with van der Waals surface area (Å²) in [5, 5.41) is 0. The van der Waals surface area contributed by atoms with Crippen molar-refractivity contribution in [1.82, 2.24) is 0 Å². The van der Waals surface area contributed by atoms with E-state index < -0.39 is 0 Å². The van der Waals surface area contributed by atoms with Gasteiger partial charge in [0.1, 0.15) is 5.94 Å². The molecule has 1 aliphatic heterocycles. The number of hydrogen-bond acceptors (Lipinski definition) is 2. The zero-order valence-corrected chi connectivity index (χ0v) is 6.22. The summed E-state index contributed by atoms with van der Waals surface area (Å²) in [4.78, 5) is 10.1. The molecule has 2 nitrogen and oxygen atoms in total. The first-order valence-electron chi connectivity index (χ1n) is 3.65. The standard InChI is InChI=1S/C8H12O2/c1-7(6-9)5-8-3-2-4-10-8/h8H,2-5H2,1H3. The summed E-state index contributed by atoms with van der Waals surface area (Å²) in [7, 11) is 0. The molecule has 1 unspecified atom stereocenters. The van der Waals surface area contributed by atoms with E-state index in [1.165, 1.54) is 0 Å². The van der Waals surface area contributed by atoms with Gasteiger partial charge >= 0.3 is 0 Å². The molecule has 0 aromatic carbocycles. The summed E-state index contributed by atoms with van der Waals surface area (Å²) in [6, 6.07) is 0. The number of rotatable bonds is 2. The molecule has 0 spiro atoms. The fourth-order valence-electron chi connectivity index (χ4n) is 1.19. The van der Waals surface area contributed by atoms with E-state index in [9.17, 15) is 4.79 Å². The third-order valence-electron chi connectivity index (χ3n) is 1.73. The summed E-state index contributed by atoms with van der Waals surface area (Å²) in [5.41, 5.74) is 0.770. The van der Waals surface area contributed by atoms with Crippen LogP contribution in [0.2, 0.25) is 0 Å². The van der Waals surface area contributed by atoms with E-state index in [1.54, 1.807) is 6.92 Å². The molecule has 1 fully saturated rings. The van der Waals surface area contributed by atoms with Crippen molar-refractivity contribution in [3.05, 3.63) is 5.57 Å². The highest BCUT2D eigenvalue weighted by atomic mass is 16.5. The molecule has 1 heterocycles. The number of ether oxygens (including phenoxy) is 1. The monoisotopic (exact) mass is 140 g/mol. The van der Waals surface area contributed by atoms with Crippen molar-refractivity contribution in [2.24, 2.45) is 0 Å². The normalized spacial score (nSPS) is 24.3. The molecule has 1 aliphatic rings. The highest BCUT2D eigenvalue weighted by Gasteiger charge is 2.15. The zero-order chi connectivity index (χ0) is 7.40. The number of hydrogen-bond donors (Lipinski definition) is 0. The third kappa shape index (κ3) is 1.98. The second-order valence-corrected chi connectivity index (χ2v) is 2.72. The molecule has 1 atom stereocenters. The summed E-state index contributed by atoms with van der Waals surface area (Å²) in [5.74, 6) is 1.88. The smallest absolute Gasteiger partial charge is 0.123 e. The molecule has 0 aliphatic carbocycles. The van der Waals surface area contributed by atoms with Crippen molar-refractivity contribution >= 4 is 5.94 Å². The fourth-order valence-corrected chi connectivity index (χ4v) is 1.19. The van der Waals surface area contributed by atoms with Gasteiger partial charge in [-0.3, -0.25) is 0 Å². The minimum Gasteiger partial charge on any atom is -0.378 e. The average molecular weight is 140 g/mol. The van der Waals surface area contributed by atoms with Crippen LogP contribution < -0.4 is 0 Å². The average Bonchev–Trinajstić information content (AvgIpc) is 2.40. The molecule has 0 amide bonds. The quantitative estimate of drug-likeness (QED) is 0.541. The first kappa shape index (κ1) is 7.52. The van der Waals surface area contributed by atoms with Crippen LogP contribution in [0.15, 0.2) is 5.57 Å². The molecule has 2 heteroatoms. The Morgan fingerprint density at radius 3 is 3.10 bits per heavy atom. The van der Waals surface area contributed by atoms with Crippen LogP contribution in [0.3, 0.4) is 0 Å². The Labute approximate surface area is 60.9 Å². The maximum Gasteiger partial charge on any atom is 0.123 e. The van der Waals surface area contributed by atoms with Crippen LogP contribution in [-0.2, 0) is 9.53 Å². The lowest BCUT2D eigenvalue weighted by Crippen LogP contribution is -2.04. The Morgan fingerprint density at radius 2 is 2.60 bits per heavy atom. The van der Waals surface area contributed by atoms with E-state index in [0.717, 1.165) is 31.4 Å². The van der Waals surface area contributed by atoms with Crippen molar-refractivity contribution in [2.45, 2.75) is 32.3 Å². The first-order valence-corrected chi connectivity index (χ1v) is 3.65. The van der Waals surface area contributed by atoms with Gasteiger partial charge in [0.05, 0.1) is 6.10 Å². The molecule has 0 N–H and O–H groups in total. The van der Waals surface area contributed by atoms with Crippen molar-refractivity contribution < 1.29 is 9.53 Å². The van der Waals surface area contributed by atoms with E-state index in [1.807, 2.05) is 5.94 Å². The van der Waals surface area contributed by atoms with Crippen molar-refractivity contribution in [1.29, 1.82) is 0 Å². The van der Waals surface area contributed by atoms with Gasteiger partial charge in [-0.1, -0.05) is 0 Å². The lowest BCUT2D eigenvalue weighted by Gasteiger charge is -2.05. The Morgan fingerprint density at radius 1 is 1.80 bits per heavy atom. The van der Waals surface area contributed by atoms with Gasteiger partial charge in [0.15, 0.2) is 0 Å². The van der Waals surface area contributed by atoms with E-state index in [2.05, 4.69) is 0 Å². The second kappa shape index (κ2) is 3.55. The van der Waals surface area contributed by atoms with Gasteiger partial charge in [-0.25, -0.2) is 4.79 Å². The minimum absolute atomic E-state index is 0.293. The van der Waals surface area contributed by atoms with Crippen LogP contribution in [0.1, 0.15) is 26.2 Å². The minimum atomic E-state index is 0.293. The van der Waals surface area contributed by atoms with E-state index in [0.29, 0.717) is 6.10 Å². The lowest BCUT2D eigenvalue weighted by molar-refractivity contribution is 0.111. The van der Waals surface area contributed by atoms with Crippen molar-refractivity contribution in [2.75, 3.05) is 6.61 Å². The van der Waals surface area contributed by atoms with Crippen LogP contribution in [0, 0.1) is 0 Å². The third-order valence-corrected chi connectivity index (χ3v) is 1.73. The highest BCUT2D eigenvalue weighted by molar-refractivity contribution is 5.51. The van der Waals surface area contributed by atoms with Crippen molar-refractivity contribution in [3.63, 3.8) is 0 Å². The molecule has 1 rings (SSSR count). The Bertz CT molecular complexity index is 151. The van der Waals surface area contributed by atoms with Crippen LogP contribution in [0.25, 0.3) is 0 Å². The van der Waals surface area contributed by atoms with E-state index >= 15 is 0 Å². The Hall–Kier alpha value is -0.590. The maximum absolute atomic E-state index is 10.1. The molecular formula is C8H12O2. The van der Waals surface area contributed by atoms with Gasteiger partial charge in [0.25, 0.3) is 0 Å². The van der Waals surface area contributed by atoms with E-state index in [4.69, 9.17) is 4.74 Å². The van der Waals surface area contributed by atoms with Gasteiger partial charge in [0.2, 0.25) is 0 Å². The highest BCUT2D eigenvalue weighted by Crippen LogP contribution is 2.17. The SMILES string of the molecule is CC(=C=O)CC1CCCO1. The summed E-state index contributed by atoms with van der Waals surface area (Å²) in [6.45, 7) is 2.66. The Balaban J connectivity index is 2.30. The van der Waals surface area contributed by atoms with Crippen LogP contribution in [0.4, 0.5) is 0 Å². The summed E-state index contributed by atoms with van der Waals surface area (Å²) >= 11 is 0. The Kier molecular flexibility index (Phi) is 2.67. The van der Waals surface area contributed by atoms with Gasteiger partial charge in [-0.15, -0.1) is 0 Å². The molecule has 0 radical (unpaired) electrons. The summed E-state index contributed by atoms with van der Waals surface area (Å²) in [6.07, 6.45) is 3.29. The second-order valence-electron chi connectivity index (χ2n) is 2.72. The molecular weight excluding hydrogens is 128 g/mol. The van der Waals surface area contributed by atoms with Crippen LogP contribution in [-0.4, -0.2) is 18.7 Å². The van der Waals surface area contributed by atoms with Gasteiger partial charge in [0, 0.05) is 18.6 Å². The largest absolute Gasteiger partial charge is 0.378 e. The van der Waals surface area contributed by atoms with Gasteiger partial charge in [-0.2, -0.15) is 0 Å². The predicted molar refractivity (Wildman–Crippen MR) is 38.5 cm³/mol. The molecule has 56 valence electrons. The first-order chi connectivity index (χ1) is 4.83. The molecule has 0 saturated carbocycles. The lowest BCUT2D eigenvalue weighted by atomic mass is 10.1. The fraction of sp³-hybridized carbons (Fsp3) is 0.750. The van der Waals surface area contributed by atoms with Crippen molar-refractivity contribution in [3.8, 4) is 0 Å². The zero-order valence-electron chi connectivity index (χ0n) is 6.22. The molecule has 10 heavy (non-hydrogen) atoms. The number of carbonyl (C=O) groups excluding carboxylic acids is 1. The van der Waals surface area contributed by atoms with E-state index in [-0.39, 0.29) is 0 Å². The summed E-state index contributed by atoms with van der Waals surface area (Å²) < 4.78 is 5.33. The molecule has 0 bridgehead atoms. The molecule has 0 aromatic heterocycles. The maximum atomic E-state index is 10.1. The van der Waals surface area contributed by atoms with Crippen LogP contribution in [0.5, 0.6) is 0 Å². The van der Waals surface area contributed by atoms with Gasteiger partial charge < -0.3 is 4.74 Å².